The molecule has 0 aromatic heterocycles. The fraction of sp³-hybridized carbons (Fsp3) is 0.385. The molecule has 1 unspecified atom stereocenters. The lowest BCUT2D eigenvalue weighted by atomic mass is 9.94. The van der Waals surface area contributed by atoms with Crippen molar-refractivity contribution in [1.29, 1.82) is 0 Å². The van der Waals surface area contributed by atoms with Gasteiger partial charge >= 0.3 is 0 Å². The van der Waals surface area contributed by atoms with Gasteiger partial charge in [0.2, 0.25) is 5.75 Å². The van der Waals surface area contributed by atoms with Crippen LogP contribution in [0.4, 0.5) is 0 Å². The van der Waals surface area contributed by atoms with Crippen molar-refractivity contribution >= 4 is 17.4 Å². The van der Waals surface area contributed by atoms with Crippen LogP contribution in [-0.4, -0.2) is 69.4 Å². The van der Waals surface area contributed by atoms with Crippen LogP contribution in [0.5, 0.6) is 23.0 Å². The van der Waals surface area contributed by atoms with E-state index in [-0.39, 0.29) is 30.6 Å². The van der Waals surface area contributed by atoms with Crippen molar-refractivity contribution in [2.75, 3.05) is 41.6 Å². The van der Waals surface area contributed by atoms with E-state index in [4.69, 9.17) is 23.7 Å². The molecule has 0 bridgehead atoms. The van der Waals surface area contributed by atoms with Gasteiger partial charge in [-0.2, -0.15) is 0 Å². The third-order valence-corrected chi connectivity index (χ3v) is 5.58. The number of ether oxygens (including phenoxy) is 5. The first-order valence-electron chi connectivity index (χ1n) is 11.1. The van der Waals surface area contributed by atoms with Crippen molar-refractivity contribution in [3.8, 4) is 23.0 Å². The predicted molar refractivity (Wildman–Crippen MR) is 129 cm³/mol. The normalized spacial score (nSPS) is 17.1. The molecule has 188 valence electrons. The van der Waals surface area contributed by atoms with Gasteiger partial charge in [-0.1, -0.05) is 0 Å². The van der Waals surface area contributed by atoms with Crippen LogP contribution in [0.15, 0.2) is 42.0 Å². The van der Waals surface area contributed by atoms with Crippen LogP contribution in [0.2, 0.25) is 0 Å². The van der Waals surface area contributed by atoms with Crippen LogP contribution >= 0.6 is 0 Å². The summed E-state index contributed by atoms with van der Waals surface area (Å²) in [6.45, 7) is 4.16. The first kappa shape index (κ1) is 25.9. The molecule has 1 aliphatic rings. The van der Waals surface area contributed by atoms with Crippen LogP contribution in [0, 0.1) is 0 Å². The number of carbonyl (C=O) groups is 2. The van der Waals surface area contributed by atoms with Gasteiger partial charge in [-0.25, -0.2) is 0 Å². The Morgan fingerprint density at radius 3 is 2.06 bits per heavy atom. The quantitative estimate of drug-likeness (QED) is 0.310. The van der Waals surface area contributed by atoms with Crippen molar-refractivity contribution in [1.82, 2.24) is 4.90 Å². The summed E-state index contributed by atoms with van der Waals surface area (Å²) in [6, 6.07) is 9.10. The molecule has 1 heterocycles. The number of ketones is 1. The summed E-state index contributed by atoms with van der Waals surface area (Å²) < 4.78 is 27.1. The number of carbonyl (C=O) groups excluding carboxylic acids is 2. The average molecular weight is 486 g/mol. The lowest BCUT2D eigenvalue weighted by Crippen LogP contribution is -2.32. The second kappa shape index (κ2) is 11.1. The van der Waals surface area contributed by atoms with Crippen molar-refractivity contribution < 1.29 is 38.4 Å². The fourth-order valence-electron chi connectivity index (χ4n) is 4.03. The minimum atomic E-state index is -0.898. The number of nitrogens with zero attached hydrogens (tertiary/aromatic N) is 1. The molecular weight excluding hydrogens is 454 g/mol. The van der Waals surface area contributed by atoms with Gasteiger partial charge in [-0.15, -0.1) is 0 Å². The molecule has 9 nitrogen and oxygen atoms in total. The molecule has 1 atom stereocenters. The summed E-state index contributed by atoms with van der Waals surface area (Å²) in [5, 5.41) is 11.2. The monoisotopic (exact) mass is 485 g/mol. The van der Waals surface area contributed by atoms with E-state index in [0.717, 1.165) is 0 Å². The number of aliphatic hydroxyl groups excluding tert-OH is 1. The number of likely N-dealkylation sites (tertiary alicyclic amines) is 1. The number of Topliss-reactive ketones (excluding diaryl/α,β-unsaturated/α-hetero) is 1. The maximum absolute atomic E-state index is 13.2. The molecule has 9 heteroatoms. The summed E-state index contributed by atoms with van der Waals surface area (Å²) in [6.07, 6.45) is -0.0133. The van der Waals surface area contributed by atoms with Gasteiger partial charge in [-0.05, 0) is 55.8 Å². The Morgan fingerprint density at radius 2 is 1.57 bits per heavy atom. The molecule has 1 fully saturated rings. The molecule has 1 N–H and O–H groups in total. The zero-order valence-electron chi connectivity index (χ0n) is 20.8. The van der Waals surface area contributed by atoms with Gasteiger partial charge in [0.1, 0.15) is 11.5 Å². The molecule has 0 saturated carbocycles. The third-order valence-electron chi connectivity index (χ3n) is 5.58. The Kier molecular flexibility index (Phi) is 8.24. The molecule has 0 radical (unpaired) electrons. The maximum Gasteiger partial charge on any atom is 0.295 e. The number of amides is 1. The van der Waals surface area contributed by atoms with E-state index in [9.17, 15) is 14.7 Å². The second-order valence-corrected chi connectivity index (χ2v) is 8.13. The summed E-state index contributed by atoms with van der Waals surface area (Å²) >= 11 is 0. The molecular formula is C26H31NO8. The Morgan fingerprint density at radius 1 is 0.971 bits per heavy atom. The maximum atomic E-state index is 13.2. The van der Waals surface area contributed by atoms with Crippen LogP contribution in [0.1, 0.15) is 31.0 Å². The van der Waals surface area contributed by atoms with E-state index in [2.05, 4.69) is 0 Å². The van der Waals surface area contributed by atoms with Gasteiger partial charge < -0.3 is 33.7 Å². The van der Waals surface area contributed by atoms with Crippen molar-refractivity contribution in [2.24, 2.45) is 0 Å². The molecule has 35 heavy (non-hydrogen) atoms. The van der Waals surface area contributed by atoms with Gasteiger partial charge in [0.25, 0.3) is 11.7 Å². The van der Waals surface area contributed by atoms with Gasteiger partial charge in [0, 0.05) is 19.2 Å². The zero-order chi connectivity index (χ0) is 25.7. The summed E-state index contributed by atoms with van der Waals surface area (Å²) in [7, 11) is 5.94. The van der Waals surface area contributed by atoms with Crippen LogP contribution in [-0.2, 0) is 14.3 Å². The largest absolute Gasteiger partial charge is 0.507 e. The Bertz CT molecular complexity index is 1080. The van der Waals surface area contributed by atoms with E-state index < -0.39 is 17.7 Å². The molecule has 1 saturated heterocycles. The lowest BCUT2D eigenvalue weighted by molar-refractivity contribution is -0.140. The Balaban J connectivity index is 2.19. The molecule has 1 amide bonds. The summed E-state index contributed by atoms with van der Waals surface area (Å²) in [5.41, 5.74) is 0.845. The van der Waals surface area contributed by atoms with Gasteiger partial charge in [0.05, 0.1) is 45.7 Å². The lowest BCUT2D eigenvalue weighted by Gasteiger charge is -2.26. The molecule has 2 aromatic rings. The highest BCUT2D eigenvalue weighted by molar-refractivity contribution is 6.46. The molecule has 3 rings (SSSR count). The van der Waals surface area contributed by atoms with Crippen molar-refractivity contribution in [3.63, 3.8) is 0 Å². The van der Waals surface area contributed by atoms with Gasteiger partial charge in [-0.3, -0.25) is 9.59 Å². The van der Waals surface area contributed by atoms with E-state index in [1.165, 1.54) is 33.3 Å². The molecule has 0 aliphatic carbocycles. The van der Waals surface area contributed by atoms with E-state index >= 15 is 0 Å². The average Bonchev–Trinajstić information content (AvgIpc) is 3.10. The SMILES string of the molecule is COCCN1C(=O)C(=O)C(=C(O)c2ccc(OC(C)C)cc2)C1c1cc(OC)c(OC)c(OC)c1. The highest BCUT2D eigenvalue weighted by Gasteiger charge is 2.46. The standard InChI is InChI=1S/C26H31NO8/c1-15(2)35-18-9-7-16(8-10-18)23(28)21-22(27(11-12-31-3)26(30)24(21)29)17-13-19(32-4)25(34-6)20(14-17)33-5/h7-10,13-15,22,28H,11-12H2,1-6H3. The topological polar surface area (TPSA) is 104 Å². The van der Waals surface area contributed by atoms with Crippen LogP contribution in [0.25, 0.3) is 5.76 Å². The minimum Gasteiger partial charge on any atom is -0.507 e. The van der Waals surface area contributed by atoms with Gasteiger partial charge in [0.15, 0.2) is 11.5 Å². The van der Waals surface area contributed by atoms with E-state index in [0.29, 0.717) is 34.1 Å². The van der Waals surface area contributed by atoms with Crippen molar-refractivity contribution in [3.05, 3.63) is 53.1 Å². The summed E-state index contributed by atoms with van der Waals surface area (Å²) in [5.74, 6) is -0.115. The first-order chi connectivity index (χ1) is 16.8. The highest BCUT2D eigenvalue weighted by Crippen LogP contribution is 2.45. The van der Waals surface area contributed by atoms with Crippen LogP contribution in [0.3, 0.4) is 0 Å². The molecule has 0 spiro atoms. The first-order valence-corrected chi connectivity index (χ1v) is 11.1. The third kappa shape index (κ3) is 5.19. The zero-order valence-corrected chi connectivity index (χ0v) is 20.8. The number of rotatable bonds is 10. The van der Waals surface area contributed by atoms with E-state index in [1.54, 1.807) is 36.4 Å². The number of methoxy groups -OCH3 is 4. The fourth-order valence-corrected chi connectivity index (χ4v) is 4.03. The van der Waals surface area contributed by atoms with Crippen molar-refractivity contribution in [2.45, 2.75) is 26.0 Å². The second-order valence-electron chi connectivity index (χ2n) is 8.13. The number of hydrogen-bond acceptors (Lipinski definition) is 8. The number of benzene rings is 2. The number of hydrogen-bond donors (Lipinski definition) is 1. The summed E-state index contributed by atoms with van der Waals surface area (Å²) in [4.78, 5) is 27.5. The van der Waals surface area contributed by atoms with Crippen LogP contribution < -0.4 is 18.9 Å². The Hall–Kier alpha value is -3.72. The smallest absolute Gasteiger partial charge is 0.295 e. The van der Waals surface area contributed by atoms with E-state index in [1.807, 2.05) is 13.8 Å². The number of aliphatic hydroxyl groups is 1. The molecule has 1 aliphatic heterocycles. The molecule has 2 aromatic carbocycles. The predicted octanol–water partition coefficient (Wildman–Crippen LogP) is 3.57. The Labute approximate surface area is 204 Å². The highest BCUT2D eigenvalue weighted by atomic mass is 16.5. The minimum absolute atomic E-state index is 0.0133.